The summed E-state index contributed by atoms with van der Waals surface area (Å²) in [7, 11) is 0. The van der Waals surface area contributed by atoms with Crippen LogP contribution in [-0.2, 0) is 5.60 Å². The summed E-state index contributed by atoms with van der Waals surface area (Å²) < 4.78 is 6.11. The summed E-state index contributed by atoms with van der Waals surface area (Å²) in [4.78, 5) is 0. The predicted molar refractivity (Wildman–Crippen MR) is 84.1 cm³/mol. The first-order chi connectivity index (χ1) is 9.78. The van der Waals surface area contributed by atoms with Gasteiger partial charge in [-0.1, -0.05) is 32.4 Å². The number of aryl methyl sites for hydroxylation is 1. The van der Waals surface area contributed by atoms with Gasteiger partial charge in [-0.15, -0.1) is 0 Å². The van der Waals surface area contributed by atoms with E-state index in [1.54, 1.807) is 0 Å². The van der Waals surface area contributed by atoms with Crippen molar-refractivity contribution < 1.29 is 9.52 Å². The highest BCUT2D eigenvalue weighted by Crippen LogP contribution is 2.71. The van der Waals surface area contributed by atoms with Crippen molar-refractivity contribution in [2.45, 2.75) is 52.6 Å². The topological polar surface area (TPSA) is 33.4 Å². The molecular formula is C19H24O2. The van der Waals surface area contributed by atoms with Crippen LogP contribution < -0.4 is 0 Å². The first-order valence-electron chi connectivity index (χ1n) is 8.01. The van der Waals surface area contributed by atoms with Gasteiger partial charge < -0.3 is 9.52 Å². The van der Waals surface area contributed by atoms with E-state index in [0.29, 0.717) is 5.92 Å². The van der Waals surface area contributed by atoms with E-state index in [1.807, 2.05) is 6.07 Å². The Labute approximate surface area is 126 Å². The highest BCUT2D eigenvalue weighted by atomic mass is 16.4. The summed E-state index contributed by atoms with van der Waals surface area (Å²) in [6.45, 7) is 8.74. The molecule has 2 aliphatic carbocycles. The lowest BCUT2D eigenvalue weighted by Gasteiger charge is -2.49. The van der Waals surface area contributed by atoms with E-state index < -0.39 is 5.60 Å². The van der Waals surface area contributed by atoms with Crippen molar-refractivity contribution >= 4 is 11.0 Å². The van der Waals surface area contributed by atoms with Gasteiger partial charge in [0, 0.05) is 16.2 Å². The van der Waals surface area contributed by atoms with E-state index in [9.17, 15) is 5.11 Å². The van der Waals surface area contributed by atoms with Crippen molar-refractivity contribution in [3.8, 4) is 0 Å². The standard InChI is InChI=1S/C19H24O2/c1-12-5-6-15-13(9-12)10-16(21-15)19(20)17(2,3)14-7-8-18(19,4)11-14/h5-6,9-10,14,20H,7-8,11H2,1-4H3. The summed E-state index contributed by atoms with van der Waals surface area (Å²) in [5, 5.41) is 12.8. The lowest BCUT2D eigenvalue weighted by molar-refractivity contribution is -0.162. The molecule has 2 bridgehead atoms. The van der Waals surface area contributed by atoms with Gasteiger partial charge in [-0.3, -0.25) is 0 Å². The van der Waals surface area contributed by atoms with Gasteiger partial charge >= 0.3 is 0 Å². The van der Waals surface area contributed by atoms with E-state index in [0.717, 1.165) is 29.6 Å². The zero-order valence-corrected chi connectivity index (χ0v) is 13.4. The predicted octanol–water partition coefficient (Wildman–Crippen LogP) is 4.78. The van der Waals surface area contributed by atoms with Crippen molar-refractivity contribution in [2.75, 3.05) is 0 Å². The van der Waals surface area contributed by atoms with Crippen LogP contribution in [0.4, 0.5) is 0 Å². The van der Waals surface area contributed by atoms with E-state index in [4.69, 9.17) is 4.42 Å². The molecule has 0 radical (unpaired) electrons. The maximum atomic E-state index is 11.7. The molecule has 2 saturated carbocycles. The van der Waals surface area contributed by atoms with Crippen LogP contribution in [0.1, 0.15) is 51.4 Å². The molecule has 2 aliphatic rings. The van der Waals surface area contributed by atoms with Crippen LogP contribution in [0.2, 0.25) is 0 Å². The Hall–Kier alpha value is -1.28. The number of fused-ring (bicyclic) bond motifs is 3. The molecule has 2 heteroatoms. The SMILES string of the molecule is Cc1ccc2oc(C3(O)C4(C)CCC(C4)C3(C)C)cc2c1. The van der Waals surface area contributed by atoms with Gasteiger partial charge in [0.15, 0.2) is 0 Å². The molecule has 1 aromatic heterocycles. The van der Waals surface area contributed by atoms with Crippen LogP contribution in [-0.4, -0.2) is 5.11 Å². The second-order valence-electron chi connectivity index (χ2n) is 8.08. The summed E-state index contributed by atoms with van der Waals surface area (Å²) >= 11 is 0. The largest absolute Gasteiger partial charge is 0.458 e. The number of aliphatic hydroxyl groups is 1. The number of hydrogen-bond donors (Lipinski definition) is 1. The van der Waals surface area contributed by atoms with Crippen molar-refractivity contribution in [1.29, 1.82) is 0 Å². The van der Waals surface area contributed by atoms with E-state index >= 15 is 0 Å². The molecule has 4 rings (SSSR count). The monoisotopic (exact) mass is 284 g/mol. The molecule has 1 N–H and O–H groups in total. The lowest BCUT2D eigenvalue weighted by atomic mass is 9.59. The summed E-state index contributed by atoms with van der Waals surface area (Å²) in [6, 6.07) is 8.28. The quantitative estimate of drug-likeness (QED) is 0.818. The molecule has 2 aromatic rings. The Bertz CT molecular complexity index is 719. The third-order valence-electron chi connectivity index (χ3n) is 6.60. The summed E-state index contributed by atoms with van der Waals surface area (Å²) in [6.07, 6.45) is 3.42. The molecular weight excluding hydrogens is 260 g/mol. The molecule has 2 nitrogen and oxygen atoms in total. The molecule has 0 aliphatic heterocycles. The Balaban J connectivity index is 1.94. The molecule has 21 heavy (non-hydrogen) atoms. The third-order valence-corrected chi connectivity index (χ3v) is 6.60. The highest BCUT2D eigenvalue weighted by Gasteiger charge is 2.70. The fourth-order valence-electron chi connectivity index (χ4n) is 5.21. The van der Waals surface area contributed by atoms with Gasteiger partial charge in [-0.05, 0) is 50.3 Å². The van der Waals surface area contributed by atoms with Crippen LogP contribution >= 0.6 is 0 Å². The number of benzene rings is 1. The number of rotatable bonds is 1. The Morgan fingerprint density at radius 2 is 1.95 bits per heavy atom. The van der Waals surface area contributed by atoms with Gasteiger partial charge in [0.2, 0.25) is 0 Å². The maximum absolute atomic E-state index is 11.7. The average Bonchev–Trinajstić information content (AvgIpc) is 3.04. The first-order valence-corrected chi connectivity index (χ1v) is 8.01. The van der Waals surface area contributed by atoms with Crippen molar-refractivity contribution in [3.63, 3.8) is 0 Å². The van der Waals surface area contributed by atoms with Gasteiger partial charge in [-0.2, -0.15) is 0 Å². The van der Waals surface area contributed by atoms with Gasteiger partial charge in [-0.25, -0.2) is 0 Å². The van der Waals surface area contributed by atoms with Crippen molar-refractivity contribution in [2.24, 2.45) is 16.7 Å². The zero-order chi connectivity index (χ0) is 15.0. The molecule has 1 aromatic carbocycles. The van der Waals surface area contributed by atoms with E-state index in [-0.39, 0.29) is 10.8 Å². The fraction of sp³-hybridized carbons (Fsp3) is 0.579. The van der Waals surface area contributed by atoms with Crippen LogP contribution in [0.15, 0.2) is 28.7 Å². The van der Waals surface area contributed by atoms with Crippen LogP contribution in [0.25, 0.3) is 11.0 Å². The smallest absolute Gasteiger partial charge is 0.138 e. The molecule has 0 spiro atoms. The maximum Gasteiger partial charge on any atom is 0.138 e. The Kier molecular flexibility index (Phi) is 2.38. The molecule has 0 amide bonds. The molecule has 3 unspecified atom stereocenters. The molecule has 3 atom stereocenters. The molecule has 112 valence electrons. The van der Waals surface area contributed by atoms with Gasteiger partial charge in [0.05, 0.1) is 0 Å². The summed E-state index contributed by atoms with van der Waals surface area (Å²) in [5.74, 6) is 1.35. The van der Waals surface area contributed by atoms with Crippen molar-refractivity contribution in [3.05, 3.63) is 35.6 Å². The Morgan fingerprint density at radius 3 is 2.62 bits per heavy atom. The number of furan rings is 1. The average molecular weight is 284 g/mol. The lowest BCUT2D eigenvalue weighted by Crippen LogP contribution is -2.51. The third kappa shape index (κ3) is 1.42. The second kappa shape index (κ2) is 3.73. The molecule has 1 heterocycles. The van der Waals surface area contributed by atoms with Crippen LogP contribution in [0.5, 0.6) is 0 Å². The van der Waals surface area contributed by atoms with Crippen LogP contribution in [0.3, 0.4) is 0 Å². The zero-order valence-electron chi connectivity index (χ0n) is 13.4. The molecule has 2 fully saturated rings. The van der Waals surface area contributed by atoms with Gasteiger partial charge in [0.1, 0.15) is 16.9 Å². The minimum Gasteiger partial charge on any atom is -0.458 e. The van der Waals surface area contributed by atoms with Gasteiger partial charge in [0.25, 0.3) is 0 Å². The highest BCUT2D eigenvalue weighted by molar-refractivity contribution is 5.79. The minimum absolute atomic E-state index is 0.0654. The first kappa shape index (κ1) is 13.4. The normalized spacial score (nSPS) is 37.5. The van der Waals surface area contributed by atoms with E-state index in [2.05, 4.69) is 45.9 Å². The Morgan fingerprint density at radius 1 is 1.19 bits per heavy atom. The summed E-state index contributed by atoms with van der Waals surface area (Å²) in [5.41, 5.74) is 1.04. The minimum atomic E-state index is -0.865. The van der Waals surface area contributed by atoms with Crippen LogP contribution in [0, 0.1) is 23.7 Å². The second-order valence-corrected chi connectivity index (χ2v) is 8.08. The van der Waals surface area contributed by atoms with Crippen molar-refractivity contribution in [1.82, 2.24) is 0 Å². The fourth-order valence-corrected chi connectivity index (χ4v) is 5.21. The molecule has 0 saturated heterocycles. The van der Waals surface area contributed by atoms with E-state index in [1.165, 1.54) is 12.0 Å². The number of hydrogen-bond acceptors (Lipinski definition) is 2.